The summed E-state index contributed by atoms with van der Waals surface area (Å²) in [7, 11) is 0.229. The smallest absolute Gasteiger partial charge is 0.171 e. The van der Waals surface area contributed by atoms with E-state index in [0.717, 1.165) is 5.56 Å². The molecule has 2 unspecified atom stereocenters. The first kappa shape index (κ1) is 25.3. The van der Waals surface area contributed by atoms with Crippen LogP contribution in [-0.2, 0) is 4.43 Å². The van der Waals surface area contributed by atoms with Crippen molar-refractivity contribution in [3.05, 3.63) is 66.0 Å². The Balaban J connectivity index is 2.77. The van der Waals surface area contributed by atoms with Crippen LogP contribution in [0.1, 0.15) is 58.0 Å². The molecule has 1 N–H and O–H groups in total. The lowest BCUT2D eigenvalue weighted by molar-refractivity contribution is 0.0783. The lowest BCUT2D eigenvalue weighted by Gasteiger charge is -2.35. The molecule has 0 aliphatic carbocycles. The van der Waals surface area contributed by atoms with Crippen LogP contribution in [0, 0.1) is 16.6 Å². The average molecular weight is 445 g/mol. The first-order valence-electron chi connectivity index (χ1n) is 10.8. The number of halogens is 1. The predicted octanol–water partition coefficient (Wildman–Crippen LogP) is 6.83. The van der Waals surface area contributed by atoms with Crippen molar-refractivity contribution in [2.75, 3.05) is 7.11 Å². The Morgan fingerprint density at radius 2 is 1.68 bits per heavy atom. The molecule has 0 radical (unpaired) electrons. The second kappa shape index (κ2) is 9.68. The summed E-state index contributed by atoms with van der Waals surface area (Å²) in [5.74, 6) is 0.197. The number of hydrogen-bond donors (Lipinski definition) is 1. The van der Waals surface area contributed by atoms with E-state index in [1.54, 1.807) is 25.3 Å². The third kappa shape index (κ3) is 5.85. The summed E-state index contributed by atoms with van der Waals surface area (Å²) in [6.45, 7) is 18.5. The third-order valence-corrected chi connectivity index (χ3v) is 6.38. The Morgan fingerprint density at radius 3 is 2.19 bits per heavy atom. The highest BCUT2D eigenvalue weighted by atomic mass is 28.3. The number of rotatable bonds is 8. The molecule has 2 aromatic carbocycles. The second-order valence-electron chi connectivity index (χ2n) is 10.1. The Hall–Kier alpha value is -1.95. The van der Waals surface area contributed by atoms with E-state index in [2.05, 4.69) is 40.4 Å². The van der Waals surface area contributed by atoms with Crippen molar-refractivity contribution in [1.29, 1.82) is 0 Å². The molecule has 2 atom stereocenters. The molecule has 0 spiro atoms. The molecule has 2 rings (SSSR count). The Labute approximate surface area is 188 Å². The first-order chi connectivity index (χ1) is 14.3. The highest BCUT2D eigenvalue weighted by Crippen LogP contribution is 2.44. The normalized spacial score (nSPS) is 14.4. The van der Waals surface area contributed by atoms with Gasteiger partial charge in [-0.05, 0) is 59.5 Å². The summed E-state index contributed by atoms with van der Waals surface area (Å²) in [6.07, 6.45) is 0.734. The van der Waals surface area contributed by atoms with Gasteiger partial charge in [0.15, 0.2) is 9.04 Å². The molecule has 0 bridgehead atoms. The van der Waals surface area contributed by atoms with Gasteiger partial charge in [-0.25, -0.2) is 4.39 Å². The number of hydrogen-bond acceptors (Lipinski definition) is 3. The molecule has 0 saturated carbocycles. The van der Waals surface area contributed by atoms with Crippen molar-refractivity contribution in [3.63, 3.8) is 0 Å². The zero-order valence-electron chi connectivity index (χ0n) is 20.1. The van der Waals surface area contributed by atoms with E-state index < -0.39 is 20.6 Å². The number of aliphatic hydroxyl groups is 1. The zero-order valence-corrected chi connectivity index (χ0v) is 21.3. The van der Waals surface area contributed by atoms with Crippen molar-refractivity contribution in [2.24, 2.45) is 10.8 Å². The van der Waals surface area contributed by atoms with Gasteiger partial charge in [-0.15, -0.1) is 6.58 Å². The maximum atomic E-state index is 14.9. The lowest BCUT2D eigenvalue weighted by Crippen LogP contribution is -2.26. The van der Waals surface area contributed by atoms with Crippen molar-refractivity contribution < 1.29 is 18.7 Å². The van der Waals surface area contributed by atoms with Crippen LogP contribution in [0.15, 0.2) is 49.1 Å². The molecule has 3 nitrogen and oxygen atoms in total. The summed E-state index contributed by atoms with van der Waals surface area (Å²) < 4.78 is 26.6. The van der Waals surface area contributed by atoms with Crippen molar-refractivity contribution >= 4 is 9.04 Å². The van der Waals surface area contributed by atoms with Crippen LogP contribution in [0.4, 0.5) is 4.39 Å². The molecule has 5 heteroatoms. The molecule has 0 amide bonds. The van der Waals surface area contributed by atoms with Gasteiger partial charge in [-0.2, -0.15) is 0 Å². The average Bonchev–Trinajstić information content (AvgIpc) is 2.70. The first-order valence-corrected chi connectivity index (χ1v) is 13.5. The maximum Gasteiger partial charge on any atom is 0.171 e. The van der Waals surface area contributed by atoms with Crippen LogP contribution in [0.25, 0.3) is 11.1 Å². The predicted molar refractivity (Wildman–Crippen MR) is 129 cm³/mol. The fourth-order valence-electron chi connectivity index (χ4n) is 3.62. The lowest BCUT2D eigenvalue weighted by atomic mass is 9.78. The van der Waals surface area contributed by atoms with Gasteiger partial charge in [0.25, 0.3) is 0 Å². The Kier molecular flexibility index (Phi) is 7.90. The van der Waals surface area contributed by atoms with Crippen LogP contribution in [0.2, 0.25) is 13.1 Å². The van der Waals surface area contributed by atoms with Crippen molar-refractivity contribution in [1.82, 2.24) is 0 Å². The molecule has 0 saturated heterocycles. The molecule has 0 aromatic heterocycles. The Bertz CT molecular complexity index is 915. The monoisotopic (exact) mass is 444 g/mol. The molecular weight excluding hydrogens is 407 g/mol. The molecule has 170 valence electrons. The van der Waals surface area contributed by atoms with Crippen molar-refractivity contribution in [3.8, 4) is 16.9 Å². The van der Waals surface area contributed by atoms with Crippen LogP contribution < -0.4 is 4.74 Å². The van der Waals surface area contributed by atoms with Gasteiger partial charge in [-0.3, -0.25) is 0 Å². The van der Waals surface area contributed by atoms with Crippen LogP contribution in [0.3, 0.4) is 0 Å². The van der Waals surface area contributed by atoms with Gasteiger partial charge in [0, 0.05) is 11.0 Å². The van der Waals surface area contributed by atoms with Crippen LogP contribution in [-0.4, -0.2) is 21.3 Å². The fourth-order valence-corrected chi connectivity index (χ4v) is 4.73. The maximum absolute atomic E-state index is 14.9. The van der Waals surface area contributed by atoms with E-state index in [0.29, 0.717) is 22.4 Å². The molecule has 0 aliphatic heterocycles. The fraction of sp³-hybridized carbons (Fsp3) is 0.462. The summed E-state index contributed by atoms with van der Waals surface area (Å²) in [4.78, 5) is 0. The van der Waals surface area contributed by atoms with Gasteiger partial charge in [0.1, 0.15) is 11.6 Å². The molecule has 31 heavy (non-hydrogen) atoms. The van der Waals surface area contributed by atoms with Crippen LogP contribution >= 0.6 is 0 Å². The SMILES string of the molecule is C=CC(C)(C)C(O)c1cc(C(O[SiH](C)C)C(C)(C)C)ccc1-c1cc(OC)ccc1F. The number of benzene rings is 2. The largest absolute Gasteiger partial charge is 0.497 e. The summed E-state index contributed by atoms with van der Waals surface area (Å²) in [5, 5.41) is 11.3. The van der Waals surface area contributed by atoms with E-state index in [4.69, 9.17) is 9.16 Å². The topological polar surface area (TPSA) is 38.7 Å². The number of methoxy groups -OCH3 is 1. The highest BCUT2D eigenvalue weighted by molar-refractivity contribution is 6.48. The number of aliphatic hydroxyl groups excluding tert-OH is 1. The van der Waals surface area contributed by atoms with Gasteiger partial charge in [0.2, 0.25) is 0 Å². The molecule has 0 fully saturated rings. The quantitative estimate of drug-likeness (QED) is 0.358. The molecule has 0 aliphatic rings. The minimum atomic E-state index is -1.32. The van der Waals surface area contributed by atoms with E-state index >= 15 is 0 Å². The van der Waals surface area contributed by atoms with E-state index in [1.807, 2.05) is 32.0 Å². The minimum Gasteiger partial charge on any atom is -0.497 e. The second-order valence-corrected chi connectivity index (χ2v) is 12.4. The van der Waals surface area contributed by atoms with Gasteiger partial charge < -0.3 is 14.3 Å². The van der Waals surface area contributed by atoms with Crippen LogP contribution in [0.5, 0.6) is 5.75 Å². The van der Waals surface area contributed by atoms with Gasteiger partial charge in [-0.1, -0.05) is 52.8 Å². The van der Waals surface area contributed by atoms with E-state index in [-0.39, 0.29) is 17.3 Å². The van der Waals surface area contributed by atoms with Crippen molar-refractivity contribution in [2.45, 2.75) is 59.9 Å². The van der Waals surface area contributed by atoms with Gasteiger partial charge >= 0.3 is 0 Å². The highest BCUT2D eigenvalue weighted by Gasteiger charge is 2.32. The summed E-state index contributed by atoms with van der Waals surface area (Å²) in [6, 6.07) is 10.5. The zero-order chi connectivity index (χ0) is 23.6. The molecule has 0 heterocycles. The molecule has 2 aromatic rings. The third-order valence-electron chi connectivity index (χ3n) is 5.56. The Morgan fingerprint density at radius 1 is 1.03 bits per heavy atom. The molecular formula is C26H37FO3Si. The number of ether oxygens (including phenoxy) is 1. The van der Waals surface area contributed by atoms with Gasteiger partial charge in [0.05, 0.1) is 19.3 Å². The minimum absolute atomic E-state index is 0.124. The van der Waals surface area contributed by atoms with E-state index in [9.17, 15) is 9.50 Å². The summed E-state index contributed by atoms with van der Waals surface area (Å²) >= 11 is 0. The standard InChI is InChI=1S/C26H37FO3Si/c1-10-26(5,6)23(28)21-15-17(24(25(2,3)4)30-31(8)9)11-13-19(21)20-16-18(29-7)12-14-22(20)27/h10-16,23-24,28,31H,1H2,2-9H3. The van der Waals surface area contributed by atoms with E-state index in [1.165, 1.54) is 6.07 Å². The summed E-state index contributed by atoms with van der Waals surface area (Å²) in [5.41, 5.74) is 1.93.